The Hall–Kier alpha value is -1.73. The minimum atomic E-state index is -4.93. The van der Waals surface area contributed by atoms with E-state index in [1.807, 2.05) is 0 Å². The van der Waals surface area contributed by atoms with Gasteiger partial charge in [-0.05, 0) is 11.6 Å². The lowest BCUT2D eigenvalue weighted by molar-refractivity contribution is -0.145. The molecule has 0 spiro atoms. The zero-order valence-electron chi connectivity index (χ0n) is 8.63. The lowest BCUT2D eigenvalue weighted by Gasteiger charge is -2.17. The summed E-state index contributed by atoms with van der Waals surface area (Å²) < 4.78 is 64.3. The normalized spacial score (nSPS) is 25.8. The molecule has 1 aliphatic carbocycles. The van der Waals surface area contributed by atoms with Gasteiger partial charge in [-0.2, -0.15) is 13.2 Å². The van der Waals surface area contributed by atoms with Gasteiger partial charge >= 0.3 is 12.1 Å². The van der Waals surface area contributed by atoms with Gasteiger partial charge in [0.2, 0.25) is 0 Å². The van der Waals surface area contributed by atoms with Gasteiger partial charge in [-0.25, -0.2) is 8.78 Å². The number of carboxylic acids is 1. The fourth-order valence-corrected chi connectivity index (χ4v) is 1.92. The summed E-state index contributed by atoms with van der Waals surface area (Å²) in [5.41, 5.74) is -5.17. The Morgan fingerprint density at radius 3 is 2.33 bits per heavy atom. The summed E-state index contributed by atoms with van der Waals surface area (Å²) in [5, 5.41) is 8.82. The number of aromatic nitrogens is 1. The quantitative estimate of drug-likeness (QED) is 0.837. The first kappa shape index (κ1) is 12.7. The molecule has 0 radical (unpaired) electrons. The van der Waals surface area contributed by atoms with Crippen LogP contribution in [0.4, 0.5) is 22.0 Å². The van der Waals surface area contributed by atoms with E-state index >= 15 is 0 Å². The van der Waals surface area contributed by atoms with Crippen molar-refractivity contribution in [3.05, 3.63) is 29.6 Å². The van der Waals surface area contributed by atoms with E-state index in [1.165, 1.54) is 0 Å². The van der Waals surface area contributed by atoms with E-state index in [0.717, 1.165) is 6.20 Å². The summed E-state index contributed by atoms with van der Waals surface area (Å²) in [4.78, 5) is 14.1. The second-order valence-corrected chi connectivity index (χ2v) is 4.01. The van der Waals surface area contributed by atoms with E-state index in [2.05, 4.69) is 4.98 Å². The second-order valence-electron chi connectivity index (χ2n) is 4.01. The van der Waals surface area contributed by atoms with Crippen LogP contribution in [0.25, 0.3) is 0 Å². The smallest absolute Gasteiger partial charge is 0.418 e. The van der Waals surface area contributed by atoms with Crippen molar-refractivity contribution in [3.8, 4) is 0 Å². The molecule has 0 aliphatic heterocycles. The number of pyridine rings is 1. The minimum Gasteiger partial charge on any atom is -0.480 e. The van der Waals surface area contributed by atoms with E-state index in [0.29, 0.717) is 12.3 Å². The summed E-state index contributed by atoms with van der Waals surface area (Å²) in [6, 6.07) is 0.678. The Kier molecular flexibility index (Phi) is 2.40. The fraction of sp³-hybridized carbons (Fsp3) is 0.400. The van der Waals surface area contributed by atoms with Crippen LogP contribution in [-0.2, 0) is 16.4 Å². The van der Waals surface area contributed by atoms with Crippen LogP contribution in [0.2, 0.25) is 0 Å². The third-order valence-corrected chi connectivity index (χ3v) is 2.94. The van der Waals surface area contributed by atoms with Crippen molar-refractivity contribution in [2.24, 2.45) is 0 Å². The first-order valence-corrected chi connectivity index (χ1v) is 4.76. The molecule has 0 saturated heterocycles. The zero-order chi connectivity index (χ0) is 13.8. The Balaban J connectivity index is 2.63. The van der Waals surface area contributed by atoms with Gasteiger partial charge in [0.1, 0.15) is 0 Å². The van der Waals surface area contributed by atoms with Gasteiger partial charge in [0.15, 0.2) is 5.41 Å². The number of carboxylic acid groups (broad SMARTS) is 1. The van der Waals surface area contributed by atoms with E-state index in [4.69, 9.17) is 5.11 Å². The highest BCUT2D eigenvalue weighted by Crippen LogP contribution is 2.63. The molecule has 1 aromatic heterocycles. The third-order valence-electron chi connectivity index (χ3n) is 2.94. The molecule has 1 aromatic rings. The third kappa shape index (κ3) is 1.55. The number of rotatable bonds is 2. The van der Waals surface area contributed by atoms with Crippen molar-refractivity contribution in [1.29, 1.82) is 0 Å². The summed E-state index contributed by atoms with van der Waals surface area (Å²) in [5.74, 6) is -5.65. The molecule has 18 heavy (non-hydrogen) atoms. The summed E-state index contributed by atoms with van der Waals surface area (Å²) in [6.45, 7) is 0. The number of nitrogens with zero attached hydrogens (tertiary/aromatic N) is 1. The molecule has 1 unspecified atom stereocenters. The summed E-state index contributed by atoms with van der Waals surface area (Å²) in [6.07, 6.45) is -4.84. The average molecular weight is 267 g/mol. The SMILES string of the molecule is O=C(O)C1(c2ccncc2C(F)(F)F)CC1(F)F. The molecule has 0 bridgehead atoms. The largest absolute Gasteiger partial charge is 0.480 e. The Bertz CT molecular complexity index is 513. The topological polar surface area (TPSA) is 50.2 Å². The molecule has 2 rings (SSSR count). The molecule has 0 amide bonds. The van der Waals surface area contributed by atoms with Crippen molar-refractivity contribution in [3.63, 3.8) is 0 Å². The maximum Gasteiger partial charge on any atom is 0.418 e. The minimum absolute atomic E-state index is 0.356. The van der Waals surface area contributed by atoms with Gasteiger partial charge < -0.3 is 5.11 Å². The molecular weight excluding hydrogens is 261 g/mol. The van der Waals surface area contributed by atoms with Crippen LogP contribution in [0, 0.1) is 0 Å². The lowest BCUT2D eigenvalue weighted by Crippen LogP contribution is -2.30. The fourth-order valence-electron chi connectivity index (χ4n) is 1.92. The molecular formula is C10H6F5NO2. The first-order chi connectivity index (χ1) is 8.13. The Morgan fingerprint density at radius 1 is 1.39 bits per heavy atom. The van der Waals surface area contributed by atoms with E-state index in [-0.39, 0.29) is 0 Å². The number of hydrogen-bond donors (Lipinski definition) is 1. The Morgan fingerprint density at radius 2 is 1.94 bits per heavy atom. The van der Waals surface area contributed by atoms with Gasteiger partial charge in [-0.15, -0.1) is 0 Å². The van der Waals surface area contributed by atoms with Crippen LogP contribution in [0.15, 0.2) is 18.5 Å². The lowest BCUT2D eigenvalue weighted by atomic mass is 9.92. The van der Waals surface area contributed by atoms with E-state index < -0.39 is 41.0 Å². The van der Waals surface area contributed by atoms with Crippen LogP contribution in [0.3, 0.4) is 0 Å². The number of halogens is 5. The van der Waals surface area contributed by atoms with Gasteiger partial charge in [-0.1, -0.05) is 0 Å². The number of alkyl halides is 5. The molecule has 1 aliphatic rings. The van der Waals surface area contributed by atoms with Crippen molar-refractivity contribution in [2.75, 3.05) is 0 Å². The maximum atomic E-state index is 13.2. The zero-order valence-corrected chi connectivity index (χ0v) is 8.63. The summed E-state index contributed by atoms with van der Waals surface area (Å²) >= 11 is 0. The van der Waals surface area contributed by atoms with Crippen molar-refractivity contribution < 1.29 is 31.9 Å². The van der Waals surface area contributed by atoms with E-state index in [1.54, 1.807) is 0 Å². The summed E-state index contributed by atoms with van der Waals surface area (Å²) in [7, 11) is 0. The van der Waals surface area contributed by atoms with Crippen LogP contribution >= 0.6 is 0 Å². The molecule has 1 saturated carbocycles. The molecule has 1 atom stereocenters. The highest BCUT2D eigenvalue weighted by molar-refractivity contribution is 5.88. The molecule has 1 fully saturated rings. The number of hydrogen-bond acceptors (Lipinski definition) is 2. The average Bonchev–Trinajstić information content (AvgIpc) is 2.82. The number of aliphatic carboxylic acids is 1. The maximum absolute atomic E-state index is 13.2. The highest BCUT2D eigenvalue weighted by atomic mass is 19.4. The number of carbonyl (C=O) groups is 1. The van der Waals surface area contributed by atoms with Crippen LogP contribution < -0.4 is 0 Å². The monoisotopic (exact) mass is 267 g/mol. The molecule has 98 valence electrons. The van der Waals surface area contributed by atoms with Gasteiger partial charge in [0, 0.05) is 18.8 Å². The van der Waals surface area contributed by atoms with Gasteiger partial charge in [-0.3, -0.25) is 9.78 Å². The molecule has 1 heterocycles. The van der Waals surface area contributed by atoms with Crippen molar-refractivity contribution >= 4 is 5.97 Å². The predicted octanol–water partition coefficient (Wildman–Crippen LogP) is 2.46. The van der Waals surface area contributed by atoms with Gasteiger partial charge in [0.05, 0.1) is 5.56 Å². The standard InChI is InChI=1S/C10H6F5NO2/c11-9(12)4-8(9,7(17)18)5-1-2-16-3-6(5)10(13,14)15/h1-3H,4H2,(H,17,18). The molecule has 1 N–H and O–H groups in total. The van der Waals surface area contributed by atoms with Gasteiger partial charge in [0.25, 0.3) is 5.92 Å². The molecule has 3 nitrogen and oxygen atoms in total. The second kappa shape index (κ2) is 3.39. The highest BCUT2D eigenvalue weighted by Gasteiger charge is 2.78. The van der Waals surface area contributed by atoms with Crippen LogP contribution in [0.1, 0.15) is 17.5 Å². The van der Waals surface area contributed by atoms with Crippen molar-refractivity contribution in [1.82, 2.24) is 4.98 Å². The first-order valence-electron chi connectivity index (χ1n) is 4.76. The van der Waals surface area contributed by atoms with E-state index in [9.17, 15) is 26.7 Å². The van der Waals surface area contributed by atoms with Crippen LogP contribution in [0.5, 0.6) is 0 Å². The Labute approximate surface area is 97.3 Å². The van der Waals surface area contributed by atoms with Crippen molar-refractivity contribution in [2.45, 2.75) is 23.9 Å². The predicted molar refractivity (Wildman–Crippen MR) is 48.1 cm³/mol. The molecule has 8 heteroatoms. The molecule has 0 aromatic carbocycles. The van der Waals surface area contributed by atoms with Crippen LogP contribution in [-0.4, -0.2) is 22.0 Å².